The second-order valence-electron chi connectivity index (χ2n) is 7.34. The number of carbonyl (C=O) groups excluding carboxylic acids is 1. The van der Waals surface area contributed by atoms with Crippen LogP contribution in [0.5, 0.6) is 0 Å². The van der Waals surface area contributed by atoms with Gasteiger partial charge in [0.05, 0.1) is 0 Å². The summed E-state index contributed by atoms with van der Waals surface area (Å²) in [6.45, 7) is 5.63. The third kappa shape index (κ3) is 4.44. The van der Waals surface area contributed by atoms with Gasteiger partial charge in [-0.3, -0.25) is 4.79 Å². The predicted octanol–water partition coefficient (Wildman–Crippen LogP) is 3.85. The molecule has 0 atom stereocenters. The molecule has 2 aromatic carbocycles. The van der Waals surface area contributed by atoms with Gasteiger partial charge in [-0.2, -0.15) is 0 Å². The van der Waals surface area contributed by atoms with Crippen LogP contribution < -0.4 is 16.3 Å². The van der Waals surface area contributed by atoms with Crippen molar-refractivity contribution in [1.29, 1.82) is 0 Å². The lowest BCUT2D eigenvalue weighted by molar-refractivity contribution is -0.117. The normalized spacial score (nSPS) is 11.0. The number of nitrogens with one attached hydrogen (secondary N) is 2. The van der Waals surface area contributed by atoms with Gasteiger partial charge < -0.3 is 10.6 Å². The van der Waals surface area contributed by atoms with Crippen LogP contribution in [-0.2, 0) is 11.3 Å². The maximum atomic E-state index is 13.0. The number of benzene rings is 2. The molecule has 2 aromatic heterocycles. The SMILES string of the molecule is Cc1cc2nn(CC(=O)Nc3cccc(Cl)c3)c(=O)n2c(Nc2ccc(C)c(C)c2)n1. The third-order valence-corrected chi connectivity index (χ3v) is 5.10. The van der Waals surface area contributed by atoms with E-state index in [1.165, 1.54) is 9.96 Å². The van der Waals surface area contributed by atoms with Gasteiger partial charge in [0.1, 0.15) is 6.54 Å². The molecule has 1 amide bonds. The maximum Gasteiger partial charge on any atom is 0.353 e. The van der Waals surface area contributed by atoms with Crippen molar-refractivity contribution in [3.05, 3.63) is 80.9 Å². The molecule has 9 heteroatoms. The van der Waals surface area contributed by atoms with E-state index in [-0.39, 0.29) is 12.5 Å². The van der Waals surface area contributed by atoms with E-state index in [0.29, 0.717) is 28.0 Å². The highest BCUT2D eigenvalue weighted by Crippen LogP contribution is 2.19. The van der Waals surface area contributed by atoms with Gasteiger partial charge in [0.2, 0.25) is 11.9 Å². The second kappa shape index (κ2) is 8.23. The number of hydrogen-bond donors (Lipinski definition) is 2. The summed E-state index contributed by atoms with van der Waals surface area (Å²) in [5.41, 5.74) is 4.27. The van der Waals surface area contributed by atoms with E-state index >= 15 is 0 Å². The molecular weight excluding hydrogens is 416 g/mol. The molecule has 2 heterocycles. The van der Waals surface area contributed by atoms with Crippen molar-refractivity contribution in [3.63, 3.8) is 0 Å². The zero-order chi connectivity index (χ0) is 22.1. The Morgan fingerprint density at radius 2 is 1.84 bits per heavy atom. The minimum absolute atomic E-state index is 0.241. The Bertz CT molecular complexity index is 1360. The highest BCUT2D eigenvalue weighted by Gasteiger charge is 2.16. The average molecular weight is 437 g/mol. The predicted molar refractivity (Wildman–Crippen MR) is 121 cm³/mol. The Hall–Kier alpha value is -3.65. The van der Waals surface area contributed by atoms with Gasteiger partial charge in [-0.15, -0.1) is 5.10 Å². The summed E-state index contributed by atoms with van der Waals surface area (Å²) >= 11 is 5.95. The Morgan fingerprint density at radius 1 is 1.03 bits per heavy atom. The number of halogens is 1. The standard InChI is InChI=1S/C22H21ClN6O2/c1-13-7-8-18(9-14(13)2)26-21-24-15(3)10-19-27-28(22(31)29(19)21)12-20(30)25-17-6-4-5-16(23)11-17/h4-11H,12H2,1-3H3,(H,24,26)(H,25,30). The number of anilines is 3. The Kier molecular flexibility index (Phi) is 5.48. The van der Waals surface area contributed by atoms with Crippen LogP contribution in [0.1, 0.15) is 16.8 Å². The molecule has 0 aliphatic heterocycles. The summed E-state index contributed by atoms with van der Waals surface area (Å²) in [5.74, 6) is -0.0501. The topological polar surface area (TPSA) is 93.3 Å². The van der Waals surface area contributed by atoms with Gasteiger partial charge in [-0.05, 0) is 62.2 Å². The molecule has 2 N–H and O–H groups in total. The molecule has 0 fully saturated rings. The highest BCUT2D eigenvalue weighted by atomic mass is 35.5. The number of fused-ring (bicyclic) bond motifs is 1. The van der Waals surface area contributed by atoms with E-state index in [1.807, 2.05) is 39.0 Å². The van der Waals surface area contributed by atoms with Gasteiger partial charge in [0.15, 0.2) is 5.65 Å². The van der Waals surface area contributed by atoms with Gasteiger partial charge >= 0.3 is 5.69 Å². The molecule has 0 spiro atoms. The quantitative estimate of drug-likeness (QED) is 0.495. The van der Waals surface area contributed by atoms with Gasteiger partial charge in [0.25, 0.3) is 0 Å². The summed E-state index contributed by atoms with van der Waals surface area (Å²) in [4.78, 5) is 29.9. The van der Waals surface area contributed by atoms with Gasteiger partial charge in [-0.1, -0.05) is 23.7 Å². The van der Waals surface area contributed by atoms with E-state index < -0.39 is 5.69 Å². The Morgan fingerprint density at radius 3 is 2.58 bits per heavy atom. The number of carbonyl (C=O) groups is 1. The van der Waals surface area contributed by atoms with Crippen LogP contribution in [0.15, 0.2) is 53.3 Å². The lowest BCUT2D eigenvalue weighted by atomic mass is 10.1. The first-order chi connectivity index (χ1) is 14.8. The monoisotopic (exact) mass is 436 g/mol. The van der Waals surface area contributed by atoms with Gasteiger partial charge in [-0.25, -0.2) is 18.9 Å². The minimum Gasteiger partial charge on any atom is -0.325 e. The summed E-state index contributed by atoms with van der Waals surface area (Å²) in [6, 6.07) is 14.4. The van der Waals surface area contributed by atoms with E-state index in [2.05, 4.69) is 20.7 Å². The van der Waals surface area contributed by atoms with E-state index in [4.69, 9.17) is 11.6 Å². The Labute approximate surface area is 183 Å². The molecule has 0 saturated carbocycles. The molecular formula is C22H21ClN6O2. The first-order valence-electron chi connectivity index (χ1n) is 9.67. The number of rotatable bonds is 5. The molecule has 0 saturated heterocycles. The largest absolute Gasteiger partial charge is 0.353 e. The fourth-order valence-corrected chi connectivity index (χ4v) is 3.38. The lowest BCUT2D eigenvalue weighted by Gasteiger charge is -2.09. The van der Waals surface area contributed by atoms with Crippen molar-refractivity contribution in [2.75, 3.05) is 10.6 Å². The minimum atomic E-state index is -0.463. The zero-order valence-corrected chi connectivity index (χ0v) is 18.1. The molecule has 0 aliphatic carbocycles. The molecule has 0 unspecified atom stereocenters. The fourth-order valence-electron chi connectivity index (χ4n) is 3.19. The van der Waals surface area contributed by atoms with Crippen LogP contribution in [-0.4, -0.2) is 25.1 Å². The van der Waals surface area contributed by atoms with E-state index in [9.17, 15) is 9.59 Å². The number of amides is 1. The average Bonchev–Trinajstić information content (AvgIpc) is 2.99. The van der Waals surface area contributed by atoms with Gasteiger partial charge in [0, 0.05) is 28.2 Å². The molecule has 0 bridgehead atoms. The van der Waals surface area contributed by atoms with Crippen LogP contribution in [0, 0.1) is 20.8 Å². The van der Waals surface area contributed by atoms with Crippen molar-refractivity contribution in [2.24, 2.45) is 0 Å². The first-order valence-corrected chi connectivity index (χ1v) is 10.0. The summed E-state index contributed by atoms with van der Waals surface area (Å²) in [7, 11) is 0. The molecule has 31 heavy (non-hydrogen) atoms. The van der Waals surface area contributed by atoms with Crippen molar-refractivity contribution < 1.29 is 4.79 Å². The summed E-state index contributed by atoms with van der Waals surface area (Å²) in [5, 5.41) is 10.7. The third-order valence-electron chi connectivity index (χ3n) is 4.86. The fraction of sp³-hybridized carbons (Fsp3) is 0.182. The molecule has 0 aliphatic rings. The highest BCUT2D eigenvalue weighted by molar-refractivity contribution is 6.30. The molecule has 0 radical (unpaired) electrons. The summed E-state index contributed by atoms with van der Waals surface area (Å²) < 4.78 is 2.47. The van der Waals surface area contributed by atoms with Crippen LogP contribution in [0.2, 0.25) is 5.02 Å². The van der Waals surface area contributed by atoms with Crippen molar-refractivity contribution in [2.45, 2.75) is 27.3 Å². The number of nitrogens with zero attached hydrogens (tertiary/aromatic N) is 4. The van der Waals surface area contributed by atoms with Crippen molar-refractivity contribution in [3.8, 4) is 0 Å². The number of aromatic nitrogens is 4. The van der Waals surface area contributed by atoms with Crippen LogP contribution in [0.4, 0.5) is 17.3 Å². The number of hydrogen-bond acceptors (Lipinski definition) is 5. The van der Waals surface area contributed by atoms with Crippen molar-refractivity contribution >= 4 is 40.5 Å². The molecule has 4 rings (SSSR count). The number of aryl methyl sites for hydroxylation is 3. The summed E-state index contributed by atoms with van der Waals surface area (Å²) in [6.07, 6.45) is 0. The van der Waals surface area contributed by atoms with Crippen LogP contribution in [0.3, 0.4) is 0 Å². The lowest BCUT2D eigenvalue weighted by Crippen LogP contribution is -2.29. The maximum absolute atomic E-state index is 13.0. The van der Waals surface area contributed by atoms with Crippen molar-refractivity contribution in [1.82, 2.24) is 19.2 Å². The van der Waals surface area contributed by atoms with Crippen LogP contribution >= 0.6 is 11.6 Å². The van der Waals surface area contributed by atoms with E-state index in [1.54, 1.807) is 30.3 Å². The van der Waals surface area contributed by atoms with E-state index in [0.717, 1.165) is 15.9 Å². The second-order valence-corrected chi connectivity index (χ2v) is 7.77. The smallest absolute Gasteiger partial charge is 0.325 e. The first kappa shape index (κ1) is 20.6. The molecule has 158 valence electrons. The molecule has 4 aromatic rings. The Balaban J connectivity index is 1.65. The zero-order valence-electron chi connectivity index (χ0n) is 17.3. The molecule has 8 nitrogen and oxygen atoms in total. The van der Waals surface area contributed by atoms with Crippen LogP contribution in [0.25, 0.3) is 5.65 Å².